The van der Waals surface area contributed by atoms with Gasteiger partial charge in [-0.2, -0.15) is 0 Å². The zero-order chi connectivity index (χ0) is 76.0. The number of aliphatic imine (C=N–C) groups is 1. The number of aromatic nitrogens is 4. The Morgan fingerprint density at radius 1 is 0.774 bits per heavy atom. The number of imide groups is 2. The standard InChI is InChI=1S/C74H91ClFN11O17S2/c1-42-45(4)106-72-62(42)63(48-14-16-50(75)17-15-48)80-56(66-84-83-46(5)86(66)72)35-61(91)104-31-30-100-25-24-99-27-29-102-39-74(9,38-101-28-26-98-23-22-97-21-20-77-55-34-53-52(33-54(55)76)69(94)87(70(53)95)57-18-19-59(89)82-67(57)92)40-103-37-60(90)81-65(73(6,7)8)71(96)85-36-51(88)32-58(85)68(93)79-43(2)47-10-12-49(13-11-47)64-44(3)78-41-105-64/h10-17,33-34,41,43,51,56-58,65,77,88H,18-32,35-40H2,1-9H3,(H,79,93)(H,81,90)(H,82,89,92)/t43-,51+,56-,57?,58-,65+,74?/m0/s1. The van der Waals surface area contributed by atoms with Gasteiger partial charge >= 0.3 is 5.97 Å². The molecule has 570 valence electrons. The molecule has 7 atom stereocenters. The largest absolute Gasteiger partial charge is 0.463 e. The van der Waals surface area contributed by atoms with Gasteiger partial charge in [-0.1, -0.05) is 75.7 Å². The molecule has 106 heavy (non-hydrogen) atoms. The van der Waals surface area contributed by atoms with E-state index in [1.54, 1.807) is 49.0 Å². The number of nitrogens with zero attached hydrogens (tertiary/aromatic N) is 7. The Hall–Kier alpha value is -8.34. The number of aryl methyl sites for hydroxylation is 3. The molecule has 0 saturated carbocycles. The fourth-order valence-electron chi connectivity index (χ4n) is 12.7. The van der Waals surface area contributed by atoms with E-state index in [-0.39, 0.29) is 148 Å². The third kappa shape index (κ3) is 20.1. The minimum absolute atomic E-state index is 0.00571. The van der Waals surface area contributed by atoms with Crippen molar-refractivity contribution in [1.82, 2.24) is 45.5 Å². The van der Waals surface area contributed by atoms with E-state index in [0.29, 0.717) is 16.7 Å². The molecular formula is C74H91ClFN11O17S2. The second-order valence-corrected chi connectivity index (χ2v) is 30.3. The number of β-amino-alcohol motifs (C(OH)–C–C–N with tert-alkyl or cyclic N) is 1. The molecule has 2 fully saturated rings. The van der Waals surface area contributed by atoms with Crippen molar-refractivity contribution in [2.75, 3.05) is 118 Å². The van der Waals surface area contributed by atoms with Gasteiger partial charge in [0.15, 0.2) is 5.82 Å². The van der Waals surface area contributed by atoms with Gasteiger partial charge in [-0.15, -0.1) is 32.9 Å². The fourth-order valence-corrected chi connectivity index (χ4v) is 14.8. The molecule has 6 aromatic rings. The number of fused-ring (bicyclic) bond motifs is 4. The Bertz CT molecular complexity index is 4180. The maximum absolute atomic E-state index is 15.2. The number of likely N-dealkylation sites (tertiary alicyclic amines) is 1. The van der Waals surface area contributed by atoms with Crippen LogP contribution in [0.5, 0.6) is 0 Å². The molecule has 7 heterocycles. The number of piperidine rings is 1. The highest BCUT2D eigenvalue weighted by atomic mass is 35.5. The third-order valence-corrected chi connectivity index (χ3v) is 20.9. The molecule has 3 aromatic carbocycles. The molecule has 4 aliphatic rings. The van der Waals surface area contributed by atoms with Gasteiger partial charge in [-0.05, 0) is 87.4 Å². The summed E-state index contributed by atoms with van der Waals surface area (Å²) in [4.78, 5) is 120. The summed E-state index contributed by atoms with van der Waals surface area (Å²) in [5.74, 6) is -4.47. The first-order valence-electron chi connectivity index (χ1n) is 35.1. The SMILES string of the molecule is Cc1ncsc1-c1ccc([C@H](C)NC(=O)[C@@H]2C[C@@H](O)CN2C(=O)[C@@H](NC(=O)COCC(C)(COCCOCCOCCNc2cc3c(cc2F)C(=O)N(C2CCC(=O)NC2=O)C3=O)COCCOCCOCCOC(=O)C[C@@H]2N=C(c3ccc(Cl)cc3)c3c(sc(C)c3C)-n3c(C)nnc32)C(C)(C)C)cc1. The van der Waals surface area contributed by atoms with E-state index < -0.39 is 107 Å². The van der Waals surface area contributed by atoms with Crippen molar-refractivity contribution in [3.63, 3.8) is 0 Å². The molecule has 4 aliphatic heterocycles. The van der Waals surface area contributed by atoms with Crippen LogP contribution >= 0.6 is 34.3 Å². The highest BCUT2D eigenvalue weighted by molar-refractivity contribution is 7.15. The lowest BCUT2D eigenvalue weighted by molar-refractivity contribution is -0.146. The van der Waals surface area contributed by atoms with Crippen LogP contribution < -0.4 is 21.3 Å². The van der Waals surface area contributed by atoms with Crippen LogP contribution in [0.4, 0.5) is 10.1 Å². The summed E-state index contributed by atoms with van der Waals surface area (Å²) in [6.45, 7) is 18.5. The molecular weight excluding hydrogens is 1430 g/mol. The number of carbonyl (C=O) groups is 8. The van der Waals surface area contributed by atoms with E-state index in [1.165, 1.54) is 11.0 Å². The molecule has 2 unspecified atom stereocenters. The zero-order valence-electron chi connectivity index (χ0n) is 60.8. The third-order valence-electron chi connectivity index (χ3n) is 18.4. The summed E-state index contributed by atoms with van der Waals surface area (Å²) >= 11 is 9.43. The first-order valence-corrected chi connectivity index (χ1v) is 37.2. The number of thiophene rings is 1. The van der Waals surface area contributed by atoms with E-state index in [4.69, 9.17) is 54.5 Å². The number of aliphatic hydroxyl groups is 1. The van der Waals surface area contributed by atoms with Crippen LogP contribution in [0.3, 0.4) is 0 Å². The number of thiazole rings is 1. The number of halogens is 2. The summed E-state index contributed by atoms with van der Waals surface area (Å²) in [7, 11) is 0. The highest BCUT2D eigenvalue weighted by Gasteiger charge is 2.47. The molecule has 0 aliphatic carbocycles. The van der Waals surface area contributed by atoms with E-state index in [9.17, 15) is 43.5 Å². The highest BCUT2D eigenvalue weighted by Crippen LogP contribution is 2.41. The summed E-state index contributed by atoms with van der Waals surface area (Å²) in [5.41, 5.74) is 6.22. The van der Waals surface area contributed by atoms with Crippen molar-refractivity contribution in [3.05, 3.63) is 133 Å². The number of esters is 1. The molecule has 2 saturated heterocycles. The summed E-state index contributed by atoms with van der Waals surface area (Å²) < 4.78 is 63.9. The maximum atomic E-state index is 15.2. The lowest BCUT2D eigenvalue weighted by Gasteiger charge is -2.35. The van der Waals surface area contributed by atoms with Gasteiger partial charge in [0.05, 0.1) is 143 Å². The molecule has 10 rings (SSSR count). The van der Waals surface area contributed by atoms with Crippen molar-refractivity contribution in [3.8, 4) is 15.4 Å². The molecule has 3 aromatic heterocycles. The first-order chi connectivity index (χ1) is 50.7. The number of hydrogen-bond donors (Lipinski definition) is 5. The number of rotatable bonds is 37. The van der Waals surface area contributed by atoms with Gasteiger partial charge in [-0.3, -0.25) is 58.1 Å². The Morgan fingerprint density at radius 3 is 2.02 bits per heavy atom. The number of amides is 7. The number of anilines is 1. The quantitative estimate of drug-likeness (QED) is 0.0145. The summed E-state index contributed by atoms with van der Waals surface area (Å²) in [5, 5.41) is 32.1. The molecule has 32 heteroatoms. The average molecular weight is 1530 g/mol. The molecule has 0 spiro atoms. The topological polar surface area (TPSA) is 341 Å². The number of aliphatic hydroxyl groups excluding tert-OH is 1. The number of benzene rings is 3. The minimum Gasteiger partial charge on any atom is -0.463 e. The van der Waals surface area contributed by atoms with E-state index in [1.807, 2.05) is 80.8 Å². The summed E-state index contributed by atoms with van der Waals surface area (Å²) in [6, 6.07) is 13.0. The molecule has 7 amide bonds. The second kappa shape index (κ2) is 36.5. The van der Waals surface area contributed by atoms with Crippen LogP contribution in [0.2, 0.25) is 5.02 Å². The second-order valence-electron chi connectivity index (χ2n) is 27.8. The van der Waals surface area contributed by atoms with Crippen LogP contribution in [0.1, 0.15) is 138 Å². The number of nitrogens with one attached hydrogen (secondary N) is 4. The number of ether oxygens (including phenoxy) is 8. The molecule has 5 N–H and O–H groups in total. The van der Waals surface area contributed by atoms with Crippen LogP contribution in [-0.2, 0) is 66.7 Å². The van der Waals surface area contributed by atoms with Gasteiger partial charge in [0.2, 0.25) is 29.5 Å². The van der Waals surface area contributed by atoms with Crippen LogP contribution in [0, 0.1) is 44.3 Å². The number of carbonyl (C=O) groups excluding carboxylic acids is 8. The lowest BCUT2D eigenvalue weighted by atomic mass is 9.85. The van der Waals surface area contributed by atoms with Crippen LogP contribution in [-0.4, -0.2) is 224 Å². The fraction of sp³-hybridized carbons (Fsp3) is 0.514. The smallest absolute Gasteiger partial charge is 0.308 e. The van der Waals surface area contributed by atoms with E-state index >= 15 is 4.39 Å². The van der Waals surface area contributed by atoms with Gasteiger partial charge in [0, 0.05) is 52.4 Å². The first kappa shape index (κ1) is 80.2. The van der Waals surface area contributed by atoms with Crippen molar-refractivity contribution in [2.24, 2.45) is 15.8 Å². The predicted octanol–water partition coefficient (Wildman–Crippen LogP) is 7.31. The molecule has 0 radical (unpaired) electrons. The Balaban J connectivity index is 0.663. The maximum Gasteiger partial charge on any atom is 0.308 e. The van der Waals surface area contributed by atoms with Gasteiger partial charge in [0.25, 0.3) is 11.8 Å². The predicted molar refractivity (Wildman–Crippen MR) is 391 cm³/mol. The lowest BCUT2D eigenvalue weighted by Crippen LogP contribution is -2.58. The van der Waals surface area contributed by atoms with Crippen molar-refractivity contribution in [2.45, 2.75) is 124 Å². The van der Waals surface area contributed by atoms with Crippen molar-refractivity contribution < 1.29 is 85.7 Å². The molecule has 0 bridgehead atoms. The zero-order valence-corrected chi connectivity index (χ0v) is 63.2. The molecule has 28 nitrogen and oxygen atoms in total. The minimum atomic E-state index is -1.18. The van der Waals surface area contributed by atoms with E-state index in [0.717, 1.165) is 64.9 Å². The van der Waals surface area contributed by atoms with Crippen molar-refractivity contribution in [1.29, 1.82) is 0 Å². The van der Waals surface area contributed by atoms with Gasteiger partial charge < -0.3 is 63.9 Å². The monoisotopic (exact) mass is 1520 g/mol. The number of hydrogen-bond acceptors (Lipinski definition) is 24. The Morgan fingerprint density at radius 2 is 1.39 bits per heavy atom. The Labute approximate surface area is 626 Å². The Kier molecular flexibility index (Phi) is 27.6. The average Bonchev–Trinajstić information content (AvgIpc) is 1.60. The van der Waals surface area contributed by atoms with E-state index in [2.05, 4.69) is 50.3 Å². The normalized spacial score (nSPS) is 18.3. The van der Waals surface area contributed by atoms with Gasteiger partial charge in [0.1, 0.15) is 54.0 Å². The van der Waals surface area contributed by atoms with Crippen LogP contribution in [0.25, 0.3) is 15.4 Å². The van der Waals surface area contributed by atoms with Crippen LogP contribution in [0.15, 0.2) is 71.2 Å². The van der Waals surface area contributed by atoms with Gasteiger partial charge in [-0.25, -0.2) is 9.37 Å². The summed E-state index contributed by atoms with van der Waals surface area (Å²) in [6.07, 6.45) is -1.12. The van der Waals surface area contributed by atoms with Crippen molar-refractivity contribution >= 4 is 93.0 Å².